The van der Waals surface area contributed by atoms with Crippen LogP contribution in [0.15, 0.2) is 77.5 Å². The summed E-state index contributed by atoms with van der Waals surface area (Å²) in [5.41, 5.74) is 2.74. The van der Waals surface area contributed by atoms with E-state index in [0.717, 1.165) is 10.5 Å². The molecule has 10 heteroatoms. The van der Waals surface area contributed by atoms with Crippen molar-refractivity contribution in [1.29, 1.82) is 0 Å². The van der Waals surface area contributed by atoms with Crippen LogP contribution in [0.5, 0.6) is 0 Å². The number of rotatable bonds is 7. The minimum atomic E-state index is -0.701. The van der Waals surface area contributed by atoms with Gasteiger partial charge < -0.3 is 15.4 Å². The molecule has 3 aromatic carbocycles. The number of esters is 1. The fraction of sp³-hybridized carbons (Fsp3) is 0.111. The number of carbonyl (C=O) groups excluding carboxylic acids is 4. The lowest BCUT2D eigenvalue weighted by Crippen LogP contribution is -2.32. The van der Waals surface area contributed by atoms with Crippen molar-refractivity contribution in [2.24, 2.45) is 0 Å². The van der Waals surface area contributed by atoms with Gasteiger partial charge in [0.05, 0.1) is 17.9 Å². The van der Waals surface area contributed by atoms with Gasteiger partial charge in [0.2, 0.25) is 0 Å². The Labute approximate surface area is 222 Å². The van der Waals surface area contributed by atoms with Crippen molar-refractivity contribution < 1.29 is 23.9 Å². The van der Waals surface area contributed by atoms with E-state index in [-0.39, 0.29) is 34.5 Å². The molecule has 0 radical (unpaired) electrons. The van der Waals surface area contributed by atoms with Gasteiger partial charge in [-0.2, -0.15) is 0 Å². The molecule has 0 unspecified atom stereocenters. The highest BCUT2D eigenvalue weighted by atomic mass is 35.5. The van der Waals surface area contributed by atoms with E-state index in [0.29, 0.717) is 22.0 Å². The van der Waals surface area contributed by atoms with Crippen LogP contribution < -0.4 is 15.5 Å². The Balaban J connectivity index is 1.46. The molecular weight excluding hydrogens is 517 g/mol. The van der Waals surface area contributed by atoms with Gasteiger partial charge in [0.15, 0.2) is 0 Å². The number of nitrogens with zero attached hydrogens (tertiary/aromatic N) is 1. The van der Waals surface area contributed by atoms with Crippen LogP contribution in [0.4, 0.5) is 17.1 Å². The second-order valence-corrected chi connectivity index (χ2v) is 8.83. The van der Waals surface area contributed by atoms with E-state index in [1.165, 1.54) is 24.3 Å². The number of nitrogens with one attached hydrogen (secondary N) is 2. The molecule has 0 saturated carbocycles. The second kappa shape index (κ2) is 10.9. The summed E-state index contributed by atoms with van der Waals surface area (Å²) in [6.45, 7) is 3.76. The Morgan fingerprint density at radius 3 is 2.16 bits per heavy atom. The molecule has 8 nitrogen and oxygen atoms in total. The molecule has 1 aliphatic rings. The van der Waals surface area contributed by atoms with Gasteiger partial charge in [-0.05, 0) is 86.1 Å². The Bertz CT molecular complexity index is 1430. The first kappa shape index (κ1) is 25.9. The number of hydrogen-bond donors (Lipinski definition) is 2. The van der Waals surface area contributed by atoms with Crippen molar-refractivity contribution in [3.05, 3.63) is 99.2 Å². The van der Waals surface area contributed by atoms with Gasteiger partial charge in [0.25, 0.3) is 17.7 Å². The molecule has 0 aliphatic carbocycles. The fourth-order valence-corrected chi connectivity index (χ4v) is 4.06. The number of hydrogen-bond acceptors (Lipinski definition) is 6. The minimum absolute atomic E-state index is 0.102. The number of aryl methyl sites for hydroxylation is 1. The van der Waals surface area contributed by atoms with Gasteiger partial charge in [0, 0.05) is 22.0 Å². The number of halogens is 2. The molecule has 188 valence electrons. The average Bonchev–Trinajstić information content (AvgIpc) is 3.09. The highest BCUT2D eigenvalue weighted by molar-refractivity contribution is 6.53. The molecule has 0 spiro atoms. The molecule has 3 aromatic rings. The summed E-state index contributed by atoms with van der Waals surface area (Å²) >= 11 is 12.2. The smallest absolute Gasteiger partial charge is 0.338 e. The van der Waals surface area contributed by atoms with Crippen molar-refractivity contribution in [1.82, 2.24) is 0 Å². The molecule has 37 heavy (non-hydrogen) atoms. The molecule has 0 saturated heterocycles. The molecule has 3 amide bonds. The predicted molar refractivity (Wildman–Crippen MR) is 142 cm³/mol. The van der Waals surface area contributed by atoms with E-state index in [1.54, 1.807) is 49.4 Å². The second-order valence-electron chi connectivity index (χ2n) is 8.02. The molecule has 1 heterocycles. The van der Waals surface area contributed by atoms with E-state index in [9.17, 15) is 19.2 Å². The maximum atomic E-state index is 13.0. The van der Waals surface area contributed by atoms with E-state index in [4.69, 9.17) is 27.9 Å². The SMILES string of the molecule is CCOC(=O)c1ccc(N2C(=O)C(Cl)=C(Nc3ccc(C(=O)Nc4ccc(Cl)cc4C)cc3)C2=O)cc1. The van der Waals surface area contributed by atoms with Gasteiger partial charge >= 0.3 is 5.97 Å². The van der Waals surface area contributed by atoms with Gasteiger partial charge in [-0.3, -0.25) is 14.4 Å². The molecule has 4 rings (SSSR count). The van der Waals surface area contributed by atoms with Crippen molar-refractivity contribution in [3.8, 4) is 0 Å². The lowest BCUT2D eigenvalue weighted by Gasteiger charge is -2.15. The van der Waals surface area contributed by atoms with Gasteiger partial charge in [-0.1, -0.05) is 23.2 Å². The summed E-state index contributed by atoms with van der Waals surface area (Å²) < 4.78 is 4.94. The number of amides is 3. The number of benzene rings is 3. The summed E-state index contributed by atoms with van der Waals surface area (Å²) in [5, 5.41) is 5.99. The van der Waals surface area contributed by atoms with Crippen molar-refractivity contribution in [2.45, 2.75) is 13.8 Å². The lowest BCUT2D eigenvalue weighted by molar-refractivity contribution is -0.120. The third kappa shape index (κ3) is 5.50. The topological polar surface area (TPSA) is 105 Å². The van der Waals surface area contributed by atoms with Crippen LogP contribution >= 0.6 is 23.2 Å². The Morgan fingerprint density at radius 2 is 1.54 bits per heavy atom. The Morgan fingerprint density at radius 1 is 0.892 bits per heavy atom. The molecule has 2 N–H and O–H groups in total. The highest BCUT2D eigenvalue weighted by Crippen LogP contribution is 2.30. The van der Waals surface area contributed by atoms with Crippen LogP contribution in [0.1, 0.15) is 33.2 Å². The summed E-state index contributed by atoms with van der Waals surface area (Å²) in [5.74, 6) is -2.18. The summed E-state index contributed by atoms with van der Waals surface area (Å²) in [4.78, 5) is 51.1. The number of anilines is 3. The van der Waals surface area contributed by atoms with Crippen LogP contribution in [0.3, 0.4) is 0 Å². The van der Waals surface area contributed by atoms with Crippen LogP contribution in [0, 0.1) is 6.92 Å². The van der Waals surface area contributed by atoms with Gasteiger partial charge in [-0.25, -0.2) is 9.69 Å². The van der Waals surface area contributed by atoms with Crippen molar-refractivity contribution in [3.63, 3.8) is 0 Å². The molecule has 0 atom stereocenters. The Kier molecular flexibility index (Phi) is 7.61. The summed E-state index contributed by atoms with van der Waals surface area (Å²) in [6, 6.07) is 17.3. The molecular formula is C27H21Cl2N3O5. The molecule has 1 aliphatic heterocycles. The molecule has 0 fully saturated rings. The van der Waals surface area contributed by atoms with Crippen molar-refractivity contribution >= 4 is 64.0 Å². The van der Waals surface area contributed by atoms with Crippen LogP contribution in [-0.2, 0) is 14.3 Å². The summed E-state index contributed by atoms with van der Waals surface area (Å²) in [7, 11) is 0. The third-order valence-corrected chi connectivity index (χ3v) is 6.10. The average molecular weight is 538 g/mol. The predicted octanol–water partition coefficient (Wildman–Crippen LogP) is 5.51. The summed E-state index contributed by atoms with van der Waals surface area (Å²) in [6.07, 6.45) is 0. The lowest BCUT2D eigenvalue weighted by atomic mass is 10.1. The van der Waals surface area contributed by atoms with E-state index < -0.39 is 17.8 Å². The van der Waals surface area contributed by atoms with Gasteiger partial charge in [-0.15, -0.1) is 0 Å². The largest absolute Gasteiger partial charge is 0.462 e. The van der Waals surface area contributed by atoms with Crippen LogP contribution in [0.2, 0.25) is 5.02 Å². The first-order valence-corrected chi connectivity index (χ1v) is 12.0. The van der Waals surface area contributed by atoms with Gasteiger partial charge in [0.1, 0.15) is 10.7 Å². The highest BCUT2D eigenvalue weighted by Gasteiger charge is 2.39. The first-order chi connectivity index (χ1) is 17.7. The zero-order chi connectivity index (χ0) is 26.7. The van der Waals surface area contributed by atoms with Crippen LogP contribution in [0.25, 0.3) is 0 Å². The number of ether oxygens (including phenoxy) is 1. The maximum Gasteiger partial charge on any atom is 0.338 e. The maximum absolute atomic E-state index is 13.0. The number of imide groups is 1. The quantitative estimate of drug-likeness (QED) is 0.304. The standard InChI is InChI=1S/C27H21Cl2N3O5/c1-3-37-27(36)17-6-11-20(12-7-17)32-25(34)22(29)23(26(32)35)30-19-9-4-16(5-10-19)24(33)31-21-13-8-18(28)14-15(21)2/h4-14,30H,3H2,1-2H3,(H,31,33). The number of carbonyl (C=O) groups is 4. The van der Waals surface area contributed by atoms with E-state index in [1.807, 2.05) is 6.92 Å². The monoisotopic (exact) mass is 537 g/mol. The fourth-order valence-electron chi connectivity index (χ4n) is 3.62. The Hall–Kier alpha value is -4.14. The molecule has 0 bridgehead atoms. The minimum Gasteiger partial charge on any atom is -0.462 e. The zero-order valence-corrected chi connectivity index (χ0v) is 21.3. The third-order valence-electron chi connectivity index (χ3n) is 5.52. The van der Waals surface area contributed by atoms with Crippen molar-refractivity contribution in [2.75, 3.05) is 22.1 Å². The van der Waals surface area contributed by atoms with E-state index >= 15 is 0 Å². The zero-order valence-electron chi connectivity index (χ0n) is 19.8. The van der Waals surface area contributed by atoms with Crippen LogP contribution in [-0.4, -0.2) is 30.3 Å². The molecule has 0 aromatic heterocycles. The first-order valence-electron chi connectivity index (χ1n) is 11.2. The normalized spacial score (nSPS) is 13.1. The van der Waals surface area contributed by atoms with E-state index in [2.05, 4.69) is 10.6 Å².